The fourth-order valence-corrected chi connectivity index (χ4v) is 10.7. The zero-order chi connectivity index (χ0) is 59.3. The highest BCUT2D eigenvalue weighted by Crippen LogP contribution is 2.41. The Morgan fingerprint density at radius 3 is 1.35 bits per heavy atom. The van der Waals surface area contributed by atoms with Crippen LogP contribution in [0.2, 0.25) is 0 Å². The highest BCUT2D eigenvalue weighted by Gasteiger charge is 2.61. The van der Waals surface area contributed by atoms with Crippen LogP contribution >= 0.6 is 0 Å². The van der Waals surface area contributed by atoms with E-state index in [1.807, 2.05) is 128 Å². The third kappa shape index (κ3) is 15.1. The maximum atomic E-state index is 14.9. The topological polar surface area (TPSA) is 235 Å². The number of nitrogens with zero attached hydrogens (tertiary/aromatic N) is 1. The van der Waals surface area contributed by atoms with E-state index in [9.17, 15) is 28.8 Å². The van der Waals surface area contributed by atoms with Gasteiger partial charge in [0, 0.05) is 34.8 Å². The second-order valence-electron chi connectivity index (χ2n) is 20.6. The first kappa shape index (κ1) is 61.3. The lowest BCUT2D eigenvalue weighted by Crippen LogP contribution is -2.71. The van der Waals surface area contributed by atoms with Gasteiger partial charge in [-0.05, 0) is 41.3 Å². The van der Waals surface area contributed by atoms with Gasteiger partial charge < -0.3 is 66.3 Å². The molecule has 5 aromatic carbocycles. The monoisotopic (exact) mass is 1160 g/mol. The van der Waals surface area contributed by atoms with Gasteiger partial charge in [0.25, 0.3) is 11.8 Å². The van der Waals surface area contributed by atoms with E-state index in [0.717, 1.165) is 54.8 Å². The van der Waals surface area contributed by atoms with Crippen molar-refractivity contribution in [2.24, 2.45) is 0 Å². The first-order valence-electron chi connectivity index (χ1n) is 27.7. The van der Waals surface area contributed by atoms with Crippen molar-refractivity contribution in [1.29, 1.82) is 0 Å². The van der Waals surface area contributed by atoms with Crippen LogP contribution in [0.25, 0.3) is 0 Å². The van der Waals surface area contributed by atoms with Crippen LogP contribution < -0.4 is 0 Å². The van der Waals surface area contributed by atoms with Gasteiger partial charge in [0.15, 0.2) is 37.2 Å². The first-order valence-corrected chi connectivity index (χ1v) is 27.7. The highest BCUT2D eigenvalue weighted by atomic mass is 16.8. The molecule has 9 rings (SSSR count). The highest BCUT2D eigenvalue weighted by molar-refractivity contribution is 6.21. The summed E-state index contributed by atoms with van der Waals surface area (Å²) in [6.45, 7) is 5.74. The molecule has 0 aromatic heterocycles. The average Bonchev–Trinajstić information content (AvgIpc) is 1.56. The largest absolute Gasteiger partial charge is 0.463 e. The van der Waals surface area contributed by atoms with Crippen molar-refractivity contribution < 1.29 is 95.1 Å². The lowest BCUT2D eigenvalue weighted by Gasteiger charge is -2.52. The molecule has 446 valence electrons. The van der Waals surface area contributed by atoms with Crippen LogP contribution in [0, 0.1) is 0 Å². The molecule has 5 aromatic rings. The number of benzene rings is 5. The summed E-state index contributed by atoms with van der Waals surface area (Å²) in [7, 11) is 1.31. The molecule has 21 nitrogen and oxygen atoms in total. The molecule has 21 heteroatoms. The Bertz CT molecular complexity index is 2960. The van der Waals surface area contributed by atoms with Crippen molar-refractivity contribution in [3.05, 3.63) is 179 Å². The van der Waals surface area contributed by atoms with Crippen LogP contribution in [0.4, 0.5) is 0 Å². The number of methoxy groups -OCH3 is 1. The maximum absolute atomic E-state index is 14.9. The summed E-state index contributed by atoms with van der Waals surface area (Å²) in [5, 5.41) is 0. The Hall–Kier alpha value is -7.28. The van der Waals surface area contributed by atoms with E-state index in [4.69, 9.17) is 66.3 Å². The number of imide groups is 1. The van der Waals surface area contributed by atoms with Crippen molar-refractivity contribution in [2.75, 3.05) is 20.3 Å². The molecular formula is C63H69NO20. The second-order valence-corrected chi connectivity index (χ2v) is 20.6. The minimum atomic E-state index is -1.89. The van der Waals surface area contributed by atoms with Gasteiger partial charge in [-0.3, -0.25) is 33.7 Å². The van der Waals surface area contributed by atoms with Crippen molar-refractivity contribution in [3.8, 4) is 0 Å². The smallest absolute Gasteiger partial charge is 0.303 e. The van der Waals surface area contributed by atoms with Crippen LogP contribution in [0.5, 0.6) is 0 Å². The van der Waals surface area contributed by atoms with Crippen molar-refractivity contribution in [3.63, 3.8) is 0 Å². The molecule has 15 atom stereocenters. The number of hydrogen-bond donors (Lipinski definition) is 0. The molecule has 4 aliphatic rings. The predicted molar refractivity (Wildman–Crippen MR) is 294 cm³/mol. The molecule has 0 aliphatic carbocycles. The molecule has 4 heterocycles. The number of fused-ring (bicyclic) bond motifs is 1. The number of esters is 4. The summed E-state index contributed by atoms with van der Waals surface area (Å²) < 4.78 is 91.0. The third-order valence-corrected chi connectivity index (χ3v) is 14.5. The third-order valence-electron chi connectivity index (χ3n) is 14.5. The average molecular weight is 1160 g/mol. The Morgan fingerprint density at radius 2 is 0.845 bits per heavy atom. The molecule has 0 saturated carbocycles. The van der Waals surface area contributed by atoms with Crippen molar-refractivity contribution >= 4 is 35.7 Å². The van der Waals surface area contributed by atoms with Crippen LogP contribution in [-0.4, -0.2) is 153 Å². The first-order chi connectivity index (χ1) is 40.7. The summed E-state index contributed by atoms with van der Waals surface area (Å²) >= 11 is 0. The predicted octanol–water partition coefficient (Wildman–Crippen LogP) is 6.59. The van der Waals surface area contributed by atoms with Gasteiger partial charge in [0.2, 0.25) is 0 Å². The number of rotatable bonds is 24. The lowest BCUT2D eigenvalue weighted by molar-refractivity contribution is -0.381. The molecule has 0 N–H and O–H groups in total. The van der Waals surface area contributed by atoms with Gasteiger partial charge in [0.05, 0.1) is 50.3 Å². The number of hydrogen-bond acceptors (Lipinski definition) is 20. The van der Waals surface area contributed by atoms with E-state index in [1.54, 1.807) is 12.1 Å². The summed E-state index contributed by atoms with van der Waals surface area (Å²) in [5.41, 5.74) is 3.47. The Morgan fingerprint density at radius 1 is 0.429 bits per heavy atom. The molecule has 4 aliphatic heterocycles. The quantitative estimate of drug-likeness (QED) is 0.0360. The minimum absolute atomic E-state index is 0.0264. The van der Waals surface area contributed by atoms with Crippen molar-refractivity contribution in [1.82, 2.24) is 4.90 Å². The zero-order valence-corrected chi connectivity index (χ0v) is 47.4. The Labute approximate surface area is 486 Å². The molecule has 3 fully saturated rings. The van der Waals surface area contributed by atoms with E-state index in [-0.39, 0.29) is 44.2 Å². The van der Waals surface area contributed by atoms with E-state index < -0.39 is 134 Å². The molecular weight excluding hydrogens is 1090 g/mol. The van der Waals surface area contributed by atoms with E-state index in [2.05, 4.69) is 0 Å². The second kappa shape index (κ2) is 29.0. The van der Waals surface area contributed by atoms with Gasteiger partial charge in [-0.2, -0.15) is 0 Å². The molecule has 0 radical (unpaired) electrons. The summed E-state index contributed by atoms with van der Waals surface area (Å²) in [6.07, 6.45) is -19.6. The van der Waals surface area contributed by atoms with Gasteiger partial charge in [-0.25, -0.2) is 0 Å². The van der Waals surface area contributed by atoms with Gasteiger partial charge >= 0.3 is 23.9 Å². The summed E-state index contributed by atoms with van der Waals surface area (Å²) in [6, 6.07) is 42.6. The van der Waals surface area contributed by atoms with Crippen LogP contribution in [-0.2, 0) is 112 Å². The van der Waals surface area contributed by atoms with Crippen molar-refractivity contribution in [2.45, 2.75) is 153 Å². The fourth-order valence-electron chi connectivity index (χ4n) is 10.7. The van der Waals surface area contributed by atoms with Crippen LogP contribution in [0.1, 0.15) is 77.6 Å². The van der Waals surface area contributed by atoms with Crippen LogP contribution in [0.15, 0.2) is 146 Å². The Kier molecular flexibility index (Phi) is 21.2. The van der Waals surface area contributed by atoms with Gasteiger partial charge in [-0.1, -0.05) is 133 Å². The normalized spacial score (nSPS) is 28.5. The van der Waals surface area contributed by atoms with Crippen LogP contribution in [0.3, 0.4) is 0 Å². The lowest BCUT2D eigenvalue weighted by atomic mass is 9.93. The molecule has 3 saturated heterocycles. The summed E-state index contributed by atoms with van der Waals surface area (Å²) in [5.74, 6) is -4.92. The van der Waals surface area contributed by atoms with Gasteiger partial charge in [-0.15, -0.1) is 0 Å². The molecule has 0 bridgehead atoms. The SMILES string of the molecule is CO[C@H]1O[C@H](COCc2ccccc2)[C@@H](O[C@@H]2O[C@@H](C)[C@@H](OCc3ccccc3)[C@@H](OCc3ccccc3)[C@@H]2OCc2ccccc2)[C@H](O[C@@H]2O[C@H](COC(C)=O)[C@H](OC(C)=O)[C@H](OC(C)=O)[C@H]2OC(C)=O)[C@H]1N1C(=O)c2ccccc2C1=O. The van der Waals surface area contributed by atoms with E-state index >= 15 is 0 Å². The fraction of sp³-hybridized carbons (Fsp3) is 0.429. The molecule has 0 spiro atoms. The zero-order valence-electron chi connectivity index (χ0n) is 47.4. The molecule has 84 heavy (non-hydrogen) atoms. The number of carbonyl (C=O) groups excluding carboxylic acids is 6. The van der Waals surface area contributed by atoms with E-state index in [0.29, 0.717) is 0 Å². The standard InChI is InChI=1S/C63H69NO20/c1-37-51(74-32-43-23-13-8-14-24-43)55(75-33-44-25-15-9-16-26-44)57(76-34-45-27-17-10-18-28-45)62(77-37)83-52-48(35-72-31-42-21-11-7-12-22-42)81-61(71-6)50(64-59(69)46-29-19-20-30-47(46)60(64)70)54(52)84-63-58(80-41(5)68)56(79-40(4)67)53(78-39(3)66)49(82-63)36-73-38(2)65/h7-30,37,48-58,61-63H,31-36H2,1-6H3/t37-,48+,49+,50+,51+,52+,53-,54+,55+,56-,57-,58+,61-,62-,63-/m0/s1. The number of carbonyl (C=O) groups is 6. The maximum Gasteiger partial charge on any atom is 0.303 e. The molecule has 2 amide bonds. The number of ether oxygens (including phenoxy) is 14. The molecule has 0 unspecified atom stereocenters. The minimum Gasteiger partial charge on any atom is -0.463 e. The van der Waals surface area contributed by atoms with E-state index in [1.165, 1.54) is 19.2 Å². The number of amides is 2. The van der Waals surface area contributed by atoms with Gasteiger partial charge in [0.1, 0.15) is 55.4 Å². The Balaban J connectivity index is 1.20. The summed E-state index contributed by atoms with van der Waals surface area (Å²) in [4.78, 5) is 82.4.